The van der Waals surface area contributed by atoms with Gasteiger partial charge in [0.25, 0.3) is 0 Å². The highest BCUT2D eigenvalue weighted by atomic mass is 35.5. The van der Waals surface area contributed by atoms with E-state index in [4.69, 9.17) is 0 Å². The summed E-state index contributed by atoms with van der Waals surface area (Å²) in [7, 11) is 0. The molecule has 0 aliphatic carbocycles. The molecule has 2 N–H and O–H groups in total. The molecule has 1 saturated heterocycles. The van der Waals surface area contributed by atoms with Gasteiger partial charge >= 0.3 is 0 Å². The minimum absolute atomic E-state index is 0. The Bertz CT molecular complexity index is 161. The fraction of sp³-hybridized carbons (Fsp3) is 0.889. The van der Waals surface area contributed by atoms with Crippen LogP contribution in [0.15, 0.2) is 0 Å². The smallest absolute Gasteiger partial charge is 0.234 e. The quantitative estimate of drug-likeness (QED) is 0.763. The summed E-state index contributed by atoms with van der Waals surface area (Å²) in [6.45, 7) is 7.31. The van der Waals surface area contributed by atoms with Gasteiger partial charge in [-0.25, -0.2) is 0 Å². The molecule has 1 fully saturated rings. The molecule has 0 atom stereocenters. The monoisotopic (exact) mass is 257 g/mol. The molecule has 0 aromatic carbocycles. The van der Waals surface area contributed by atoms with Gasteiger partial charge in [-0.15, -0.1) is 24.8 Å². The average molecular weight is 258 g/mol. The molecular formula is C9H21Cl2N3O. The molecule has 0 spiro atoms. The molecule has 0 bridgehead atoms. The first-order valence-corrected chi connectivity index (χ1v) is 5.02. The van der Waals surface area contributed by atoms with Crippen LogP contribution in [-0.4, -0.2) is 50.1 Å². The van der Waals surface area contributed by atoms with Crippen molar-refractivity contribution in [3.63, 3.8) is 0 Å². The van der Waals surface area contributed by atoms with Crippen molar-refractivity contribution in [1.29, 1.82) is 0 Å². The highest BCUT2D eigenvalue weighted by Crippen LogP contribution is 1.93. The zero-order valence-corrected chi connectivity index (χ0v) is 10.8. The molecule has 6 heteroatoms. The van der Waals surface area contributed by atoms with Crippen LogP contribution in [-0.2, 0) is 4.79 Å². The molecule has 0 aromatic heterocycles. The zero-order valence-electron chi connectivity index (χ0n) is 9.12. The Hall–Kier alpha value is -0.0300. The number of hydrogen-bond donors (Lipinski definition) is 2. The van der Waals surface area contributed by atoms with Crippen LogP contribution in [0.25, 0.3) is 0 Å². The molecule has 4 nitrogen and oxygen atoms in total. The summed E-state index contributed by atoms with van der Waals surface area (Å²) >= 11 is 0. The van der Waals surface area contributed by atoms with Crippen molar-refractivity contribution in [2.45, 2.75) is 13.3 Å². The standard InChI is InChI=1S/C9H19N3O.2ClH/c1-2-11-9(13)8-12-6-3-4-10-5-7-12;;/h10H,2-8H2,1H3,(H,11,13);2*1H. The summed E-state index contributed by atoms with van der Waals surface area (Å²) in [6.07, 6.45) is 1.14. The fourth-order valence-electron chi connectivity index (χ4n) is 1.52. The van der Waals surface area contributed by atoms with Gasteiger partial charge in [-0.3, -0.25) is 9.69 Å². The predicted octanol–water partition coefficient (Wildman–Crippen LogP) is 0.261. The van der Waals surface area contributed by atoms with Crippen LogP contribution in [0.2, 0.25) is 0 Å². The Kier molecular flexibility index (Phi) is 12.1. The Morgan fingerprint density at radius 3 is 2.73 bits per heavy atom. The van der Waals surface area contributed by atoms with Crippen LogP contribution in [0, 0.1) is 0 Å². The third-order valence-electron chi connectivity index (χ3n) is 2.17. The summed E-state index contributed by atoms with van der Waals surface area (Å²) in [5, 5.41) is 6.12. The third-order valence-corrected chi connectivity index (χ3v) is 2.17. The maximum absolute atomic E-state index is 11.3. The number of carbonyl (C=O) groups excluding carboxylic acids is 1. The van der Waals surface area contributed by atoms with E-state index >= 15 is 0 Å². The van der Waals surface area contributed by atoms with Gasteiger partial charge in [0.1, 0.15) is 0 Å². The summed E-state index contributed by atoms with van der Waals surface area (Å²) in [4.78, 5) is 13.4. The molecule has 1 rings (SSSR count). The number of amides is 1. The molecule has 1 amide bonds. The van der Waals surface area contributed by atoms with E-state index in [-0.39, 0.29) is 30.7 Å². The van der Waals surface area contributed by atoms with Gasteiger partial charge in [-0.2, -0.15) is 0 Å². The van der Waals surface area contributed by atoms with Crippen molar-refractivity contribution < 1.29 is 4.79 Å². The van der Waals surface area contributed by atoms with E-state index in [9.17, 15) is 4.79 Å². The predicted molar refractivity (Wildman–Crippen MR) is 67.1 cm³/mol. The van der Waals surface area contributed by atoms with E-state index < -0.39 is 0 Å². The highest BCUT2D eigenvalue weighted by Gasteiger charge is 2.11. The fourth-order valence-corrected chi connectivity index (χ4v) is 1.52. The van der Waals surface area contributed by atoms with E-state index in [1.165, 1.54) is 0 Å². The summed E-state index contributed by atoms with van der Waals surface area (Å²) in [5.41, 5.74) is 0. The van der Waals surface area contributed by atoms with E-state index in [1.54, 1.807) is 0 Å². The van der Waals surface area contributed by atoms with Crippen molar-refractivity contribution in [2.24, 2.45) is 0 Å². The first kappa shape index (κ1) is 17.4. The molecule has 92 valence electrons. The van der Waals surface area contributed by atoms with Crippen LogP contribution in [0.5, 0.6) is 0 Å². The first-order chi connectivity index (χ1) is 6.33. The van der Waals surface area contributed by atoms with Crippen LogP contribution >= 0.6 is 24.8 Å². The largest absolute Gasteiger partial charge is 0.355 e. The lowest BCUT2D eigenvalue weighted by molar-refractivity contribution is -0.122. The summed E-state index contributed by atoms with van der Waals surface area (Å²) < 4.78 is 0. The van der Waals surface area contributed by atoms with Crippen LogP contribution in [0.4, 0.5) is 0 Å². The Labute approximate surface area is 104 Å². The topological polar surface area (TPSA) is 44.4 Å². The van der Waals surface area contributed by atoms with E-state index in [2.05, 4.69) is 15.5 Å². The average Bonchev–Trinajstić information content (AvgIpc) is 2.33. The molecule has 1 heterocycles. The Morgan fingerprint density at radius 2 is 2.07 bits per heavy atom. The molecular weight excluding hydrogens is 237 g/mol. The second-order valence-electron chi connectivity index (χ2n) is 3.33. The van der Waals surface area contributed by atoms with Gasteiger partial charge in [0.15, 0.2) is 0 Å². The van der Waals surface area contributed by atoms with E-state index in [0.717, 1.165) is 39.1 Å². The minimum atomic E-state index is 0. The van der Waals surface area contributed by atoms with Crippen LogP contribution in [0.1, 0.15) is 13.3 Å². The number of rotatable bonds is 3. The number of hydrogen-bond acceptors (Lipinski definition) is 3. The van der Waals surface area contributed by atoms with Gasteiger partial charge in [-0.1, -0.05) is 0 Å². The highest BCUT2D eigenvalue weighted by molar-refractivity contribution is 5.85. The van der Waals surface area contributed by atoms with Crippen molar-refractivity contribution in [2.75, 3.05) is 39.3 Å². The van der Waals surface area contributed by atoms with Crippen molar-refractivity contribution >= 4 is 30.7 Å². The van der Waals surface area contributed by atoms with E-state index in [0.29, 0.717) is 6.54 Å². The second kappa shape index (κ2) is 10.5. The summed E-state index contributed by atoms with van der Waals surface area (Å²) in [6, 6.07) is 0. The molecule has 0 unspecified atom stereocenters. The van der Waals surface area contributed by atoms with Gasteiger partial charge in [0.05, 0.1) is 6.54 Å². The van der Waals surface area contributed by atoms with Gasteiger partial charge in [0.2, 0.25) is 5.91 Å². The molecule has 0 saturated carbocycles. The van der Waals surface area contributed by atoms with Crippen molar-refractivity contribution in [3.8, 4) is 0 Å². The van der Waals surface area contributed by atoms with E-state index in [1.807, 2.05) is 6.92 Å². The lowest BCUT2D eigenvalue weighted by Crippen LogP contribution is -2.38. The van der Waals surface area contributed by atoms with Gasteiger partial charge in [-0.05, 0) is 26.4 Å². The maximum atomic E-state index is 11.3. The minimum Gasteiger partial charge on any atom is -0.355 e. The van der Waals surface area contributed by atoms with Crippen molar-refractivity contribution in [3.05, 3.63) is 0 Å². The Morgan fingerprint density at radius 1 is 1.33 bits per heavy atom. The molecule has 15 heavy (non-hydrogen) atoms. The summed E-state index contributed by atoms with van der Waals surface area (Å²) in [5.74, 6) is 0.143. The second-order valence-corrected chi connectivity index (χ2v) is 3.33. The molecule has 1 aliphatic heterocycles. The molecule has 0 radical (unpaired) electrons. The number of carbonyl (C=O) groups is 1. The third kappa shape index (κ3) is 7.85. The lowest BCUT2D eigenvalue weighted by atomic mass is 10.4. The Balaban J connectivity index is 0. The molecule has 1 aliphatic rings. The maximum Gasteiger partial charge on any atom is 0.234 e. The number of nitrogens with one attached hydrogen (secondary N) is 2. The lowest BCUT2D eigenvalue weighted by Gasteiger charge is -2.18. The van der Waals surface area contributed by atoms with Crippen molar-refractivity contribution in [1.82, 2.24) is 15.5 Å². The first-order valence-electron chi connectivity index (χ1n) is 5.02. The normalized spacial score (nSPS) is 16.9. The molecule has 0 aromatic rings. The van der Waals surface area contributed by atoms with Crippen LogP contribution < -0.4 is 10.6 Å². The zero-order chi connectivity index (χ0) is 9.52. The van der Waals surface area contributed by atoms with Gasteiger partial charge < -0.3 is 10.6 Å². The number of likely N-dealkylation sites (N-methyl/N-ethyl adjacent to an activating group) is 1. The number of halogens is 2. The number of nitrogens with zero attached hydrogens (tertiary/aromatic N) is 1. The van der Waals surface area contributed by atoms with Crippen LogP contribution in [0.3, 0.4) is 0 Å². The SMILES string of the molecule is CCNC(=O)CN1CCCNCC1.Cl.Cl. The van der Waals surface area contributed by atoms with Gasteiger partial charge in [0, 0.05) is 19.6 Å².